The van der Waals surface area contributed by atoms with E-state index in [1.165, 1.54) is 6.42 Å². The van der Waals surface area contributed by atoms with E-state index in [9.17, 15) is 0 Å². The lowest BCUT2D eigenvalue weighted by Gasteiger charge is -2.20. The van der Waals surface area contributed by atoms with Crippen LogP contribution >= 0.6 is 11.6 Å². The van der Waals surface area contributed by atoms with Gasteiger partial charge in [-0.1, -0.05) is 44.5 Å². The minimum Gasteiger partial charge on any atom is -0.361 e. The smallest absolute Gasteiger partial charge is 0.134 e. The largest absolute Gasteiger partial charge is 0.361 e. The summed E-state index contributed by atoms with van der Waals surface area (Å²) in [6, 6.07) is 1.91. The summed E-state index contributed by atoms with van der Waals surface area (Å²) in [5, 5.41) is 13.1. The highest BCUT2D eigenvalue weighted by molar-refractivity contribution is 6.30. The minimum atomic E-state index is 0.382. The fourth-order valence-electron chi connectivity index (χ4n) is 3.88. The van der Waals surface area contributed by atoms with Crippen LogP contribution in [0.5, 0.6) is 0 Å². The molecular formula is C21H34ClN5O. The molecule has 0 unspecified atom stereocenters. The van der Waals surface area contributed by atoms with E-state index in [1.54, 1.807) is 4.68 Å². The third-order valence-electron chi connectivity index (χ3n) is 5.62. The van der Waals surface area contributed by atoms with Crippen LogP contribution in [0.15, 0.2) is 10.6 Å². The molecule has 1 saturated heterocycles. The van der Waals surface area contributed by atoms with Crippen molar-refractivity contribution in [2.75, 3.05) is 26.2 Å². The number of aryl methyl sites for hydroxylation is 2. The van der Waals surface area contributed by atoms with Gasteiger partial charge in [0.15, 0.2) is 0 Å². The molecule has 7 heteroatoms. The maximum Gasteiger partial charge on any atom is 0.134 e. The minimum absolute atomic E-state index is 0.382. The van der Waals surface area contributed by atoms with Crippen molar-refractivity contribution in [1.29, 1.82) is 0 Å². The van der Waals surface area contributed by atoms with E-state index in [1.807, 2.05) is 20.0 Å². The van der Waals surface area contributed by atoms with Crippen LogP contribution in [0.25, 0.3) is 11.4 Å². The lowest BCUT2D eigenvalue weighted by atomic mass is 9.92. The average molecular weight is 408 g/mol. The third-order valence-corrected chi connectivity index (χ3v) is 6.10. The van der Waals surface area contributed by atoms with Gasteiger partial charge in [-0.15, -0.1) is 0 Å². The van der Waals surface area contributed by atoms with Gasteiger partial charge in [0, 0.05) is 38.3 Å². The molecule has 0 amide bonds. The van der Waals surface area contributed by atoms with E-state index in [4.69, 9.17) is 16.1 Å². The average Bonchev–Trinajstić information content (AvgIpc) is 3.25. The zero-order valence-corrected chi connectivity index (χ0v) is 18.8. The summed E-state index contributed by atoms with van der Waals surface area (Å²) in [4.78, 5) is 2.49. The van der Waals surface area contributed by atoms with E-state index < -0.39 is 0 Å². The van der Waals surface area contributed by atoms with Crippen molar-refractivity contribution in [2.24, 2.45) is 24.3 Å². The van der Waals surface area contributed by atoms with Gasteiger partial charge in [0.1, 0.15) is 22.3 Å². The summed E-state index contributed by atoms with van der Waals surface area (Å²) in [5.74, 6) is 2.10. The number of aromatic nitrogens is 3. The Labute approximate surface area is 173 Å². The van der Waals surface area contributed by atoms with Crippen LogP contribution in [0.4, 0.5) is 0 Å². The second kappa shape index (κ2) is 8.56. The molecule has 2 aromatic heterocycles. The molecule has 2 atom stereocenters. The van der Waals surface area contributed by atoms with E-state index in [-0.39, 0.29) is 0 Å². The zero-order valence-electron chi connectivity index (χ0n) is 18.0. The summed E-state index contributed by atoms with van der Waals surface area (Å²) in [6.07, 6.45) is 1.20. The van der Waals surface area contributed by atoms with Gasteiger partial charge < -0.3 is 9.84 Å². The Morgan fingerprint density at radius 3 is 2.71 bits per heavy atom. The van der Waals surface area contributed by atoms with Gasteiger partial charge in [-0.3, -0.25) is 9.58 Å². The van der Waals surface area contributed by atoms with Crippen molar-refractivity contribution in [2.45, 2.75) is 47.6 Å². The van der Waals surface area contributed by atoms with Crippen molar-refractivity contribution in [3.05, 3.63) is 22.5 Å². The molecular weight excluding hydrogens is 374 g/mol. The topological polar surface area (TPSA) is 59.1 Å². The fourth-order valence-corrected chi connectivity index (χ4v) is 4.07. The maximum atomic E-state index is 6.57. The lowest BCUT2D eigenvalue weighted by molar-refractivity contribution is 0.310. The monoisotopic (exact) mass is 407 g/mol. The number of nitrogens with one attached hydrogen (secondary N) is 1. The lowest BCUT2D eigenvalue weighted by Crippen LogP contribution is -2.30. The molecule has 1 aliphatic heterocycles. The Balaban J connectivity index is 1.62. The summed E-state index contributed by atoms with van der Waals surface area (Å²) in [7, 11) is 1.87. The zero-order chi connectivity index (χ0) is 20.5. The molecule has 156 valence electrons. The molecule has 0 saturated carbocycles. The van der Waals surface area contributed by atoms with Crippen molar-refractivity contribution in [3.8, 4) is 11.4 Å². The highest BCUT2D eigenvalue weighted by atomic mass is 35.5. The van der Waals surface area contributed by atoms with Crippen LogP contribution < -0.4 is 5.32 Å². The van der Waals surface area contributed by atoms with Crippen molar-refractivity contribution >= 4 is 11.6 Å². The number of rotatable bonds is 7. The van der Waals surface area contributed by atoms with Gasteiger partial charge in [0.2, 0.25) is 0 Å². The first-order valence-electron chi connectivity index (χ1n) is 10.2. The van der Waals surface area contributed by atoms with Gasteiger partial charge in [-0.25, -0.2) is 0 Å². The predicted molar refractivity (Wildman–Crippen MR) is 113 cm³/mol. The van der Waals surface area contributed by atoms with Crippen molar-refractivity contribution in [1.82, 2.24) is 25.2 Å². The third kappa shape index (κ3) is 5.16. The standard InChI is InChI=1S/C21H34ClN5O/c1-14-11-27(12-16(14)10-23-8-7-21(3,4)5)13-17-19(24-26(6)20(17)22)18-9-15(2)28-25-18/h9,14,16,23H,7-8,10-13H2,1-6H3/t14-,16-/m0/s1. The van der Waals surface area contributed by atoms with E-state index in [2.05, 4.69) is 48.2 Å². The number of hydrogen-bond acceptors (Lipinski definition) is 5. The van der Waals surface area contributed by atoms with Gasteiger partial charge in [0.05, 0.1) is 0 Å². The number of halogens is 1. The molecule has 6 nitrogen and oxygen atoms in total. The molecule has 0 aliphatic carbocycles. The molecule has 1 fully saturated rings. The predicted octanol–water partition coefficient (Wildman–Crippen LogP) is 4.13. The fraction of sp³-hybridized carbons (Fsp3) is 0.714. The SMILES string of the molecule is Cc1cc(-c2nn(C)c(Cl)c2CN2C[C@H](CNCCC(C)(C)C)[C@@H](C)C2)no1. The second-order valence-corrected chi connectivity index (χ2v) is 9.87. The molecule has 28 heavy (non-hydrogen) atoms. The molecule has 0 bridgehead atoms. The van der Waals surface area contributed by atoms with Crippen LogP contribution in [0.1, 0.15) is 45.4 Å². The van der Waals surface area contributed by atoms with E-state index in [0.717, 1.165) is 55.4 Å². The molecule has 3 rings (SSSR count). The first kappa shape index (κ1) is 21.3. The quantitative estimate of drug-likeness (QED) is 0.699. The van der Waals surface area contributed by atoms with Gasteiger partial charge in [-0.2, -0.15) is 5.10 Å². The van der Waals surface area contributed by atoms with Gasteiger partial charge in [0.25, 0.3) is 0 Å². The van der Waals surface area contributed by atoms with Crippen molar-refractivity contribution < 1.29 is 4.52 Å². The molecule has 0 radical (unpaired) electrons. The van der Waals surface area contributed by atoms with Crippen LogP contribution in [-0.2, 0) is 13.6 Å². The number of likely N-dealkylation sites (tertiary alicyclic amines) is 1. The Kier molecular flexibility index (Phi) is 6.52. The Morgan fingerprint density at radius 1 is 1.32 bits per heavy atom. The summed E-state index contributed by atoms with van der Waals surface area (Å²) in [5.41, 5.74) is 2.99. The van der Waals surface area contributed by atoms with Crippen molar-refractivity contribution in [3.63, 3.8) is 0 Å². The van der Waals surface area contributed by atoms with Gasteiger partial charge in [-0.05, 0) is 43.7 Å². The van der Waals surface area contributed by atoms with Crippen LogP contribution in [-0.4, -0.2) is 46.0 Å². The molecule has 0 aromatic carbocycles. The highest BCUT2D eigenvalue weighted by Crippen LogP contribution is 2.32. The van der Waals surface area contributed by atoms with Crippen LogP contribution in [0.2, 0.25) is 5.15 Å². The normalized spacial score (nSPS) is 21.0. The van der Waals surface area contributed by atoms with Crippen LogP contribution in [0, 0.1) is 24.2 Å². The highest BCUT2D eigenvalue weighted by Gasteiger charge is 2.31. The Morgan fingerprint density at radius 2 is 2.07 bits per heavy atom. The summed E-state index contributed by atoms with van der Waals surface area (Å²) < 4.78 is 6.97. The summed E-state index contributed by atoms with van der Waals surface area (Å²) in [6.45, 7) is 16.2. The second-order valence-electron chi connectivity index (χ2n) is 9.51. The number of hydrogen-bond donors (Lipinski definition) is 1. The van der Waals surface area contributed by atoms with E-state index in [0.29, 0.717) is 22.4 Å². The molecule has 1 N–H and O–H groups in total. The number of nitrogens with zero attached hydrogens (tertiary/aromatic N) is 4. The molecule has 3 heterocycles. The van der Waals surface area contributed by atoms with Crippen LogP contribution in [0.3, 0.4) is 0 Å². The molecule has 2 aromatic rings. The molecule has 0 spiro atoms. The Hall–Kier alpha value is -1.37. The first-order valence-corrected chi connectivity index (χ1v) is 10.6. The maximum absolute atomic E-state index is 6.57. The van der Waals surface area contributed by atoms with E-state index >= 15 is 0 Å². The first-order chi connectivity index (χ1) is 13.1. The van der Waals surface area contributed by atoms with Gasteiger partial charge >= 0.3 is 0 Å². The summed E-state index contributed by atoms with van der Waals surface area (Å²) >= 11 is 6.57. The Bertz CT molecular complexity index is 791. The molecule has 1 aliphatic rings.